The minimum Gasteiger partial charge on any atom is -0.396 e. The van der Waals surface area contributed by atoms with Crippen LogP contribution in [0.5, 0.6) is 0 Å². The van der Waals surface area contributed by atoms with Crippen LogP contribution in [0.3, 0.4) is 0 Å². The molecule has 3 atom stereocenters. The first-order chi connectivity index (χ1) is 18.2. The Morgan fingerprint density at radius 1 is 1.18 bits per heavy atom. The van der Waals surface area contributed by atoms with Gasteiger partial charge in [-0.1, -0.05) is 54.6 Å². The van der Waals surface area contributed by atoms with Crippen molar-refractivity contribution in [3.8, 4) is 0 Å². The monoisotopic (exact) mass is 519 g/mol. The molecule has 1 aliphatic rings. The maximum Gasteiger partial charge on any atom is 0.264 e. The van der Waals surface area contributed by atoms with Crippen LogP contribution in [0.4, 0.5) is 11.4 Å². The summed E-state index contributed by atoms with van der Waals surface area (Å²) in [4.78, 5) is 27.4. The normalized spacial score (nSPS) is 18.6. The lowest BCUT2D eigenvalue weighted by Gasteiger charge is -2.28. The second kappa shape index (κ2) is 11.7. The summed E-state index contributed by atoms with van der Waals surface area (Å²) in [7, 11) is 0. The van der Waals surface area contributed by atoms with Gasteiger partial charge < -0.3 is 25.5 Å². The Morgan fingerprint density at radius 3 is 2.66 bits per heavy atom. The predicted octanol–water partition coefficient (Wildman–Crippen LogP) is 2.15. The van der Waals surface area contributed by atoms with E-state index in [1.807, 2.05) is 36.4 Å². The number of amides is 2. The number of aliphatic hydroxyl groups excluding tert-OH is 2. The van der Waals surface area contributed by atoms with E-state index in [0.717, 1.165) is 5.56 Å². The number of aryl methyl sites for hydroxylation is 1. The standard InChI is InChI=1S/C28H33N5O5/c1-19(8-6-7-14-32-18-23(13-15-34)30-31-32)28(38)24-16-22(29-26(36)20(2)35)11-12-25(24)33(27(28)37)17-21-9-4-3-5-10-21/h3-6,8-12,16,18-20,34-35,38H,7,13-15,17H2,1-2H3,(H,29,36)/b8-6+/t19-,20-,28+/m0/s1. The second-order valence-corrected chi connectivity index (χ2v) is 9.49. The number of aliphatic hydroxyl groups is 3. The van der Waals surface area contributed by atoms with Crippen molar-refractivity contribution in [2.24, 2.45) is 5.92 Å². The third-order valence-electron chi connectivity index (χ3n) is 6.66. The smallest absolute Gasteiger partial charge is 0.264 e. The van der Waals surface area contributed by atoms with Crippen molar-refractivity contribution >= 4 is 23.2 Å². The van der Waals surface area contributed by atoms with Gasteiger partial charge in [0.05, 0.1) is 17.9 Å². The van der Waals surface area contributed by atoms with Crippen molar-refractivity contribution in [3.05, 3.63) is 83.7 Å². The van der Waals surface area contributed by atoms with Gasteiger partial charge in [-0.15, -0.1) is 5.10 Å². The van der Waals surface area contributed by atoms with Crippen molar-refractivity contribution in [1.29, 1.82) is 0 Å². The summed E-state index contributed by atoms with van der Waals surface area (Å²) >= 11 is 0. The average molecular weight is 520 g/mol. The first kappa shape index (κ1) is 27.2. The summed E-state index contributed by atoms with van der Waals surface area (Å²) < 4.78 is 1.68. The van der Waals surface area contributed by atoms with Crippen LogP contribution in [-0.4, -0.2) is 54.8 Å². The van der Waals surface area contributed by atoms with E-state index in [0.29, 0.717) is 42.0 Å². The highest BCUT2D eigenvalue weighted by Crippen LogP contribution is 2.46. The summed E-state index contributed by atoms with van der Waals surface area (Å²) in [6, 6.07) is 14.5. The lowest BCUT2D eigenvalue weighted by Crippen LogP contribution is -2.44. The molecule has 1 aromatic heterocycles. The largest absolute Gasteiger partial charge is 0.396 e. The summed E-state index contributed by atoms with van der Waals surface area (Å²) in [5.41, 5.74) is 1.11. The number of anilines is 2. The number of fused-ring (bicyclic) bond motifs is 1. The maximum atomic E-state index is 13.8. The van der Waals surface area contributed by atoms with E-state index in [2.05, 4.69) is 15.6 Å². The molecule has 3 aromatic rings. The molecule has 0 saturated heterocycles. The van der Waals surface area contributed by atoms with Crippen molar-refractivity contribution < 1.29 is 24.9 Å². The van der Waals surface area contributed by atoms with Gasteiger partial charge in [-0.3, -0.25) is 14.3 Å². The lowest BCUT2D eigenvalue weighted by atomic mass is 9.82. The summed E-state index contributed by atoms with van der Waals surface area (Å²) in [6.45, 7) is 3.99. The molecular weight excluding hydrogens is 486 g/mol. The Morgan fingerprint density at radius 2 is 1.95 bits per heavy atom. The van der Waals surface area contributed by atoms with Gasteiger partial charge in [-0.05, 0) is 37.1 Å². The summed E-state index contributed by atoms with van der Waals surface area (Å²) in [5, 5.41) is 41.2. The van der Waals surface area contributed by atoms with Gasteiger partial charge in [0, 0.05) is 42.9 Å². The molecule has 2 amide bonds. The molecule has 0 radical (unpaired) electrons. The Hall–Kier alpha value is -3.86. The van der Waals surface area contributed by atoms with E-state index >= 15 is 0 Å². The fraction of sp³-hybridized carbons (Fsp3) is 0.357. The minimum atomic E-state index is -1.85. The van der Waals surface area contributed by atoms with Crippen molar-refractivity contribution in [3.63, 3.8) is 0 Å². The molecule has 38 heavy (non-hydrogen) atoms. The van der Waals surface area contributed by atoms with Gasteiger partial charge in [0.15, 0.2) is 5.60 Å². The molecule has 200 valence electrons. The molecule has 0 unspecified atom stereocenters. The molecule has 10 heteroatoms. The highest BCUT2D eigenvalue weighted by molar-refractivity contribution is 6.08. The molecule has 0 bridgehead atoms. The number of nitrogens with zero attached hydrogens (tertiary/aromatic N) is 4. The van der Waals surface area contributed by atoms with E-state index in [4.69, 9.17) is 5.11 Å². The Kier molecular flexibility index (Phi) is 8.35. The molecule has 0 fully saturated rings. The van der Waals surface area contributed by atoms with Crippen LogP contribution in [-0.2, 0) is 34.7 Å². The van der Waals surface area contributed by atoms with Crippen LogP contribution in [0.25, 0.3) is 0 Å². The second-order valence-electron chi connectivity index (χ2n) is 9.49. The number of carbonyl (C=O) groups is 2. The highest BCUT2D eigenvalue weighted by atomic mass is 16.3. The van der Waals surface area contributed by atoms with Crippen LogP contribution in [0.15, 0.2) is 66.9 Å². The first-order valence-corrected chi connectivity index (χ1v) is 12.6. The molecule has 1 aliphatic heterocycles. The predicted molar refractivity (Wildman–Crippen MR) is 142 cm³/mol. The molecule has 2 aromatic carbocycles. The number of carbonyl (C=O) groups excluding carboxylic acids is 2. The Balaban J connectivity index is 1.58. The molecule has 4 N–H and O–H groups in total. The average Bonchev–Trinajstić information content (AvgIpc) is 3.44. The van der Waals surface area contributed by atoms with Crippen LogP contribution in [0.2, 0.25) is 0 Å². The van der Waals surface area contributed by atoms with E-state index in [1.165, 1.54) is 6.92 Å². The molecule has 4 rings (SSSR count). The number of aromatic nitrogens is 3. The zero-order valence-electron chi connectivity index (χ0n) is 21.5. The molecule has 10 nitrogen and oxygen atoms in total. The van der Waals surface area contributed by atoms with Gasteiger partial charge in [0.2, 0.25) is 0 Å². The fourth-order valence-electron chi connectivity index (χ4n) is 4.52. The molecule has 0 saturated carbocycles. The number of rotatable bonds is 11. The number of allylic oxidation sites excluding steroid dienone is 1. The molecule has 0 spiro atoms. The molecule has 0 aliphatic carbocycles. The molecule has 2 heterocycles. The third-order valence-corrected chi connectivity index (χ3v) is 6.66. The third kappa shape index (κ3) is 5.67. The quantitative estimate of drug-likeness (QED) is 0.285. The van der Waals surface area contributed by atoms with Gasteiger partial charge in [0.25, 0.3) is 11.8 Å². The van der Waals surface area contributed by atoms with Gasteiger partial charge in [-0.2, -0.15) is 0 Å². The number of benzene rings is 2. The van der Waals surface area contributed by atoms with E-state index in [1.54, 1.807) is 47.0 Å². The Labute approximate surface area is 221 Å². The lowest BCUT2D eigenvalue weighted by molar-refractivity contribution is -0.139. The zero-order chi connectivity index (χ0) is 27.3. The van der Waals surface area contributed by atoms with E-state index in [9.17, 15) is 19.8 Å². The van der Waals surface area contributed by atoms with Crippen molar-refractivity contribution in [1.82, 2.24) is 15.0 Å². The number of hydrogen-bond acceptors (Lipinski definition) is 7. The van der Waals surface area contributed by atoms with Crippen LogP contribution >= 0.6 is 0 Å². The minimum absolute atomic E-state index is 0.00983. The zero-order valence-corrected chi connectivity index (χ0v) is 21.5. The fourth-order valence-corrected chi connectivity index (χ4v) is 4.52. The summed E-state index contributed by atoms with van der Waals surface area (Å²) in [5.74, 6) is -1.61. The number of nitrogens with one attached hydrogen (secondary N) is 1. The number of hydrogen-bond donors (Lipinski definition) is 4. The molecular formula is C28H33N5O5. The van der Waals surface area contributed by atoms with Crippen LogP contribution in [0.1, 0.15) is 37.1 Å². The Bertz CT molecular complexity index is 1310. The van der Waals surface area contributed by atoms with Crippen molar-refractivity contribution in [2.75, 3.05) is 16.8 Å². The van der Waals surface area contributed by atoms with Crippen LogP contribution < -0.4 is 10.2 Å². The van der Waals surface area contributed by atoms with E-state index in [-0.39, 0.29) is 13.2 Å². The maximum absolute atomic E-state index is 13.8. The van der Waals surface area contributed by atoms with Gasteiger partial charge >= 0.3 is 0 Å². The highest BCUT2D eigenvalue weighted by Gasteiger charge is 2.52. The van der Waals surface area contributed by atoms with Gasteiger partial charge in [0.1, 0.15) is 6.10 Å². The summed E-state index contributed by atoms with van der Waals surface area (Å²) in [6.07, 6.45) is 5.32. The van der Waals surface area contributed by atoms with Crippen molar-refractivity contribution in [2.45, 2.75) is 51.5 Å². The van der Waals surface area contributed by atoms with E-state index < -0.39 is 29.4 Å². The van der Waals surface area contributed by atoms with Crippen LogP contribution in [0, 0.1) is 5.92 Å². The van der Waals surface area contributed by atoms with Gasteiger partial charge in [-0.25, -0.2) is 0 Å². The SMILES string of the molecule is C[C@H](O)C(=O)Nc1ccc2c(c1)[C@](O)([C@@H](C)/C=C/CCn1cc(CCO)nn1)C(=O)N2Cc1ccccc1. The topological polar surface area (TPSA) is 141 Å². The first-order valence-electron chi connectivity index (χ1n) is 12.6.